The number of methoxy groups -OCH3 is 1. The molecule has 1 atom stereocenters. The average molecular weight is 152 g/mol. The summed E-state index contributed by atoms with van der Waals surface area (Å²) >= 11 is 0. The molecular weight excluding hydrogens is 140 g/mol. The lowest BCUT2D eigenvalue weighted by molar-refractivity contribution is 0.110. The molecule has 0 spiro atoms. The van der Waals surface area contributed by atoms with Gasteiger partial charge in [0, 0.05) is 31.6 Å². The van der Waals surface area contributed by atoms with Crippen LogP contribution in [-0.4, -0.2) is 18.6 Å². The van der Waals surface area contributed by atoms with Crippen molar-refractivity contribution in [2.45, 2.75) is 6.10 Å². The van der Waals surface area contributed by atoms with Gasteiger partial charge in [0.1, 0.15) is 0 Å². The first-order valence-corrected chi connectivity index (χ1v) is 3.51. The monoisotopic (exact) mass is 152 g/mol. The third-order valence-corrected chi connectivity index (χ3v) is 1.55. The standard InChI is InChI=1S/C8H12N2O/c1-11-8(5-9)7-3-2-4-10-6-7/h2-4,6,8H,5,9H2,1H3. The molecule has 60 valence electrons. The quantitative estimate of drug-likeness (QED) is 0.694. The van der Waals surface area contributed by atoms with E-state index in [1.807, 2.05) is 12.1 Å². The Morgan fingerprint density at radius 2 is 2.55 bits per heavy atom. The van der Waals surface area contributed by atoms with Crippen LogP contribution in [0.4, 0.5) is 0 Å². The topological polar surface area (TPSA) is 48.1 Å². The van der Waals surface area contributed by atoms with Crippen LogP contribution in [0.2, 0.25) is 0 Å². The Morgan fingerprint density at radius 1 is 1.73 bits per heavy atom. The minimum absolute atomic E-state index is 0.0244. The molecular formula is C8H12N2O. The van der Waals surface area contributed by atoms with E-state index in [0.717, 1.165) is 5.56 Å². The van der Waals surface area contributed by atoms with E-state index in [0.29, 0.717) is 6.54 Å². The predicted molar refractivity (Wildman–Crippen MR) is 43.0 cm³/mol. The zero-order valence-corrected chi connectivity index (χ0v) is 6.53. The molecule has 3 nitrogen and oxygen atoms in total. The highest BCUT2D eigenvalue weighted by atomic mass is 16.5. The summed E-state index contributed by atoms with van der Waals surface area (Å²) in [4.78, 5) is 3.97. The van der Waals surface area contributed by atoms with Gasteiger partial charge < -0.3 is 10.5 Å². The largest absolute Gasteiger partial charge is 0.375 e. The van der Waals surface area contributed by atoms with Crippen molar-refractivity contribution >= 4 is 0 Å². The van der Waals surface area contributed by atoms with Gasteiger partial charge in [-0.25, -0.2) is 0 Å². The van der Waals surface area contributed by atoms with E-state index in [4.69, 9.17) is 10.5 Å². The van der Waals surface area contributed by atoms with Gasteiger partial charge in [-0.3, -0.25) is 4.98 Å². The molecule has 1 heterocycles. The van der Waals surface area contributed by atoms with Crippen molar-refractivity contribution in [2.75, 3.05) is 13.7 Å². The number of nitrogens with two attached hydrogens (primary N) is 1. The minimum atomic E-state index is -0.0244. The molecule has 0 amide bonds. The third-order valence-electron chi connectivity index (χ3n) is 1.55. The van der Waals surface area contributed by atoms with Crippen LogP contribution in [0.5, 0.6) is 0 Å². The van der Waals surface area contributed by atoms with Crippen molar-refractivity contribution in [3.8, 4) is 0 Å². The predicted octanol–water partition coefficient (Wildman–Crippen LogP) is 0.728. The van der Waals surface area contributed by atoms with Crippen LogP contribution in [0.15, 0.2) is 24.5 Å². The van der Waals surface area contributed by atoms with Gasteiger partial charge >= 0.3 is 0 Å². The maximum absolute atomic E-state index is 5.46. The van der Waals surface area contributed by atoms with Crippen molar-refractivity contribution in [3.63, 3.8) is 0 Å². The highest BCUT2D eigenvalue weighted by Gasteiger charge is 2.05. The first kappa shape index (κ1) is 8.17. The average Bonchev–Trinajstić information content (AvgIpc) is 2.09. The number of hydrogen-bond acceptors (Lipinski definition) is 3. The molecule has 0 fully saturated rings. The molecule has 0 aliphatic rings. The summed E-state index contributed by atoms with van der Waals surface area (Å²) in [5.41, 5.74) is 6.49. The Morgan fingerprint density at radius 3 is 3.00 bits per heavy atom. The van der Waals surface area contributed by atoms with Crippen molar-refractivity contribution in [1.82, 2.24) is 4.98 Å². The van der Waals surface area contributed by atoms with Crippen LogP contribution >= 0.6 is 0 Å². The Labute approximate surface area is 66.2 Å². The zero-order chi connectivity index (χ0) is 8.10. The third kappa shape index (κ3) is 2.00. The Kier molecular flexibility index (Phi) is 3.01. The molecule has 0 aliphatic carbocycles. The summed E-state index contributed by atoms with van der Waals surface area (Å²) in [5.74, 6) is 0. The van der Waals surface area contributed by atoms with Crippen molar-refractivity contribution in [1.29, 1.82) is 0 Å². The van der Waals surface area contributed by atoms with E-state index < -0.39 is 0 Å². The molecule has 11 heavy (non-hydrogen) atoms. The molecule has 3 heteroatoms. The van der Waals surface area contributed by atoms with Crippen LogP contribution < -0.4 is 5.73 Å². The van der Waals surface area contributed by atoms with Crippen molar-refractivity contribution < 1.29 is 4.74 Å². The summed E-state index contributed by atoms with van der Waals surface area (Å²) in [6.45, 7) is 0.488. The molecule has 0 saturated carbocycles. The molecule has 0 bridgehead atoms. The molecule has 1 aromatic heterocycles. The van der Waals surface area contributed by atoms with Crippen molar-refractivity contribution in [2.24, 2.45) is 5.73 Å². The van der Waals surface area contributed by atoms with Gasteiger partial charge in [0.05, 0.1) is 6.10 Å². The van der Waals surface area contributed by atoms with Crippen LogP contribution in [0.25, 0.3) is 0 Å². The lowest BCUT2D eigenvalue weighted by atomic mass is 10.2. The molecule has 1 unspecified atom stereocenters. The smallest absolute Gasteiger partial charge is 0.0958 e. The van der Waals surface area contributed by atoms with Gasteiger partial charge in [0.25, 0.3) is 0 Å². The van der Waals surface area contributed by atoms with Crippen LogP contribution in [-0.2, 0) is 4.74 Å². The fourth-order valence-electron chi connectivity index (χ4n) is 0.935. The summed E-state index contributed by atoms with van der Waals surface area (Å²) < 4.78 is 5.12. The highest BCUT2D eigenvalue weighted by molar-refractivity contribution is 5.12. The highest BCUT2D eigenvalue weighted by Crippen LogP contribution is 2.12. The van der Waals surface area contributed by atoms with Crippen LogP contribution in [0.3, 0.4) is 0 Å². The summed E-state index contributed by atoms with van der Waals surface area (Å²) in [7, 11) is 1.64. The van der Waals surface area contributed by atoms with E-state index in [1.165, 1.54) is 0 Å². The second-order valence-corrected chi connectivity index (χ2v) is 2.25. The Bertz CT molecular complexity index is 197. The lowest BCUT2D eigenvalue weighted by Crippen LogP contribution is -2.14. The molecule has 2 N–H and O–H groups in total. The molecule has 1 rings (SSSR count). The van der Waals surface area contributed by atoms with Crippen LogP contribution in [0.1, 0.15) is 11.7 Å². The molecule has 0 aromatic carbocycles. The summed E-state index contributed by atoms with van der Waals surface area (Å²) in [5, 5.41) is 0. The summed E-state index contributed by atoms with van der Waals surface area (Å²) in [6, 6.07) is 3.82. The van der Waals surface area contributed by atoms with E-state index in [1.54, 1.807) is 19.5 Å². The maximum Gasteiger partial charge on any atom is 0.0958 e. The Hall–Kier alpha value is -0.930. The number of aromatic nitrogens is 1. The second kappa shape index (κ2) is 4.05. The maximum atomic E-state index is 5.46. The summed E-state index contributed by atoms with van der Waals surface area (Å²) in [6.07, 6.45) is 3.47. The van der Waals surface area contributed by atoms with E-state index in [9.17, 15) is 0 Å². The lowest BCUT2D eigenvalue weighted by Gasteiger charge is -2.11. The van der Waals surface area contributed by atoms with Gasteiger partial charge in [0.15, 0.2) is 0 Å². The van der Waals surface area contributed by atoms with E-state index in [-0.39, 0.29) is 6.10 Å². The SMILES string of the molecule is COC(CN)c1cccnc1. The van der Waals surface area contributed by atoms with Gasteiger partial charge in [-0.2, -0.15) is 0 Å². The first-order chi connectivity index (χ1) is 5.38. The fraction of sp³-hybridized carbons (Fsp3) is 0.375. The minimum Gasteiger partial charge on any atom is -0.375 e. The molecule has 0 aliphatic heterocycles. The fourth-order valence-corrected chi connectivity index (χ4v) is 0.935. The van der Waals surface area contributed by atoms with Crippen LogP contribution in [0, 0.1) is 0 Å². The number of ether oxygens (including phenoxy) is 1. The normalized spacial score (nSPS) is 12.9. The molecule has 0 radical (unpaired) electrons. The van der Waals surface area contributed by atoms with E-state index >= 15 is 0 Å². The zero-order valence-electron chi connectivity index (χ0n) is 6.53. The number of nitrogens with zero attached hydrogens (tertiary/aromatic N) is 1. The first-order valence-electron chi connectivity index (χ1n) is 3.51. The molecule has 1 aromatic rings. The van der Waals surface area contributed by atoms with Gasteiger partial charge in [0.2, 0.25) is 0 Å². The second-order valence-electron chi connectivity index (χ2n) is 2.25. The number of pyridine rings is 1. The van der Waals surface area contributed by atoms with Gasteiger partial charge in [-0.15, -0.1) is 0 Å². The number of hydrogen-bond donors (Lipinski definition) is 1. The Balaban J connectivity index is 2.74. The van der Waals surface area contributed by atoms with E-state index in [2.05, 4.69) is 4.98 Å². The number of rotatable bonds is 3. The van der Waals surface area contributed by atoms with Gasteiger partial charge in [-0.05, 0) is 6.07 Å². The van der Waals surface area contributed by atoms with Gasteiger partial charge in [-0.1, -0.05) is 6.07 Å². The van der Waals surface area contributed by atoms with Crippen molar-refractivity contribution in [3.05, 3.63) is 30.1 Å². The molecule has 0 saturated heterocycles.